The van der Waals surface area contributed by atoms with Gasteiger partial charge in [0.1, 0.15) is 0 Å². The summed E-state index contributed by atoms with van der Waals surface area (Å²) in [6.07, 6.45) is 15.1. The number of nitrogens with zero attached hydrogens (tertiary/aromatic N) is 6. The van der Waals surface area contributed by atoms with Crippen molar-refractivity contribution < 1.29 is 0 Å². The van der Waals surface area contributed by atoms with Gasteiger partial charge in [-0.2, -0.15) is 0 Å². The molecule has 0 aliphatic heterocycles. The standard InChI is InChI=1S/C50H32N6/c1-6-33(24-35(8-1)39-10-4-20-51-29-39)37-14-16-47-45(26-37)43-18-22-53-31-49(43)55(47)41-12-3-13-42(28-41)56-48-17-15-38(27-46(48)44-19-23-54-32-50(44)56)34-7-2-9-36(25-34)40-11-5-21-52-30-40/h1-32H. The van der Waals surface area contributed by atoms with Crippen LogP contribution < -0.4 is 0 Å². The van der Waals surface area contributed by atoms with Gasteiger partial charge in [0.25, 0.3) is 0 Å². The van der Waals surface area contributed by atoms with Gasteiger partial charge in [-0.15, -0.1) is 0 Å². The average Bonchev–Trinajstić information content (AvgIpc) is 3.79. The van der Waals surface area contributed by atoms with Gasteiger partial charge in [-0.25, -0.2) is 0 Å². The van der Waals surface area contributed by atoms with Gasteiger partial charge >= 0.3 is 0 Å². The maximum absolute atomic E-state index is 4.59. The van der Waals surface area contributed by atoms with Gasteiger partial charge in [-0.3, -0.25) is 19.9 Å². The van der Waals surface area contributed by atoms with E-state index in [1.54, 1.807) is 0 Å². The fourth-order valence-corrected chi connectivity index (χ4v) is 8.25. The summed E-state index contributed by atoms with van der Waals surface area (Å²) in [7, 11) is 0. The van der Waals surface area contributed by atoms with Crippen LogP contribution in [0.1, 0.15) is 0 Å². The molecule has 5 aromatic carbocycles. The Bertz CT molecular complexity index is 3040. The Hall–Kier alpha value is -7.70. The molecule has 0 unspecified atom stereocenters. The van der Waals surface area contributed by atoms with Crippen molar-refractivity contribution in [2.45, 2.75) is 0 Å². The van der Waals surface area contributed by atoms with Gasteiger partial charge in [-0.1, -0.05) is 66.7 Å². The summed E-state index contributed by atoms with van der Waals surface area (Å²) >= 11 is 0. The van der Waals surface area contributed by atoms with E-state index in [-0.39, 0.29) is 0 Å². The number of fused-ring (bicyclic) bond motifs is 6. The Morgan fingerprint density at radius 1 is 0.268 bits per heavy atom. The van der Waals surface area contributed by atoms with Crippen LogP contribution >= 0.6 is 0 Å². The number of pyridine rings is 4. The van der Waals surface area contributed by atoms with Crippen LogP contribution in [0.15, 0.2) is 195 Å². The van der Waals surface area contributed by atoms with Gasteiger partial charge in [-0.05, 0) is 112 Å². The first kappa shape index (κ1) is 31.8. The first-order valence-electron chi connectivity index (χ1n) is 18.7. The molecule has 0 amide bonds. The largest absolute Gasteiger partial charge is 0.308 e. The van der Waals surface area contributed by atoms with E-state index in [0.717, 1.165) is 88.7 Å². The molecule has 0 bridgehead atoms. The van der Waals surface area contributed by atoms with Gasteiger partial charge in [0, 0.05) is 81.2 Å². The van der Waals surface area contributed by atoms with Gasteiger partial charge in [0.15, 0.2) is 0 Å². The SMILES string of the molecule is c1cncc(-c2cccc(-c3ccc4c(c3)c3ccncc3n4-c3cccc(-n4c5ccc(-c6cccc(-c7cccnc7)c6)cc5c5ccncc54)c3)c2)c1. The van der Waals surface area contributed by atoms with Gasteiger partial charge < -0.3 is 9.13 Å². The molecule has 0 aliphatic rings. The molecule has 56 heavy (non-hydrogen) atoms. The molecular weight excluding hydrogens is 685 g/mol. The Morgan fingerprint density at radius 2 is 0.679 bits per heavy atom. The minimum Gasteiger partial charge on any atom is -0.308 e. The Balaban J connectivity index is 1.03. The molecule has 11 aromatic rings. The van der Waals surface area contributed by atoms with Crippen molar-refractivity contribution in [3.05, 3.63) is 195 Å². The topological polar surface area (TPSA) is 61.4 Å². The molecule has 0 N–H and O–H groups in total. The third kappa shape index (κ3) is 5.27. The van der Waals surface area contributed by atoms with Crippen LogP contribution in [0.2, 0.25) is 0 Å². The summed E-state index contributed by atoms with van der Waals surface area (Å²) in [6.45, 7) is 0. The van der Waals surface area contributed by atoms with Crippen molar-refractivity contribution in [1.82, 2.24) is 29.1 Å². The highest BCUT2D eigenvalue weighted by molar-refractivity contribution is 6.11. The molecule has 11 rings (SSSR count). The van der Waals surface area contributed by atoms with Gasteiger partial charge in [0.2, 0.25) is 0 Å². The number of benzene rings is 5. The molecule has 0 atom stereocenters. The van der Waals surface area contributed by atoms with Crippen LogP contribution in [0.3, 0.4) is 0 Å². The van der Waals surface area contributed by atoms with Crippen LogP contribution in [0.5, 0.6) is 0 Å². The zero-order valence-corrected chi connectivity index (χ0v) is 30.2. The minimum atomic E-state index is 1.06. The quantitative estimate of drug-likeness (QED) is 0.172. The third-order valence-electron chi connectivity index (χ3n) is 10.9. The van der Waals surface area contributed by atoms with E-state index >= 15 is 0 Å². The summed E-state index contributed by atoms with van der Waals surface area (Å²) in [4.78, 5) is 17.8. The Labute approximate surface area is 322 Å². The predicted octanol–water partition coefficient (Wildman–Crippen LogP) is 12.1. The van der Waals surface area contributed by atoms with E-state index < -0.39 is 0 Å². The first-order chi connectivity index (χ1) is 27.8. The highest BCUT2D eigenvalue weighted by Crippen LogP contribution is 2.38. The molecule has 0 aliphatic carbocycles. The lowest BCUT2D eigenvalue weighted by Gasteiger charge is -2.13. The smallest absolute Gasteiger partial charge is 0.0724 e. The fraction of sp³-hybridized carbons (Fsp3) is 0. The molecule has 262 valence electrons. The van der Waals surface area contributed by atoms with Crippen LogP contribution in [0.25, 0.3) is 99.5 Å². The van der Waals surface area contributed by atoms with Crippen LogP contribution in [-0.2, 0) is 0 Å². The highest BCUT2D eigenvalue weighted by Gasteiger charge is 2.17. The summed E-state index contributed by atoms with van der Waals surface area (Å²) in [5.41, 5.74) is 15.6. The molecule has 0 fully saturated rings. The van der Waals surface area contributed by atoms with Crippen molar-refractivity contribution in [2.24, 2.45) is 0 Å². The van der Waals surface area contributed by atoms with Crippen LogP contribution in [0, 0.1) is 0 Å². The maximum Gasteiger partial charge on any atom is 0.0724 e. The summed E-state index contributed by atoms with van der Waals surface area (Å²) in [5.74, 6) is 0. The number of hydrogen-bond donors (Lipinski definition) is 0. The van der Waals surface area contributed by atoms with E-state index in [0.29, 0.717) is 0 Å². The molecule has 6 heteroatoms. The second-order valence-electron chi connectivity index (χ2n) is 14.1. The third-order valence-corrected chi connectivity index (χ3v) is 10.9. The van der Waals surface area contributed by atoms with Crippen molar-refractivity contribution >= 4 is 43.6 Å². The maximum atomic E-state index is 4.59. The number of hydrogen-bond acceptors (Lipinski definition) is 4. The minimum absolute atomic E-state index is 1.06. The summed E-state index contributed by atoms with van der Waals surface area (Å²) in [6, 6.07) is 52.1. The van der Waals surface area contributed by atoms with E-state index in [1.165, 1.54) is 10.8 Å². The van der Waals surface area contributed by atoms with Crippen molar-refractivity contribution in [2.75, 3.05) is 0 Å². The van der Waals surface area contributed by atoms with E-state index in [4.69, 9.17) is 0 Å². The zero-order chi connectivity index (χ0) is 37.0. The zero-order valence-electron chi connectivity index (χ0n) is 30.2. The molecule has 6 nitrogen and oxygen atoms in total. The molecule has 0 radical (unpaired) electrons. The normalized spacial score (nSPS) is 11.6. The number of aromatic nitrogens is 6. The lowest BCUT2D eigenvalue weighted by molar-refractivity contribution is 1.12. The molecule has 0 saturated heterocycles. The Kier molecular flexibility index (Phi) is 7.38. The van der Waals surface area contributed by atoms with E-state index in [9.17, 15) is 0 Å². The first-order valence-corrected chi connectivity index (χ1v) is 18.7. The summed E-state index contributed by atoms with van der Waals surface area (Å²) < 4.78 is 4.66. The molecule has 6 heterocycles. The fourth-order valence-electron chi connectivity index (χ4n) is 8.25. The second kappa shape index (κ2) is 13.0. The average molecular weight is 717 g/mol. The highest BCUT2D eigenvalue weighted by atomic mass is 15.0. The summed E-state index contributed by atoms with van der Waals surface area (Å²) in [5, 5.41) is 4.68. The second-order valence-corrected chi connectivity index (χ2v) is 14.1. The van der Waals surface area contributed by atoms with Crippen molar-refractivity contribution in [3.8, 4) is 55.9 Å². The predicted molar refractivity (Wildman–Crippen MR) is 228 cm³/mol. The molecule has 6 aromatic heterocycles. The lowest BCUT2D eigenvalue weighted by atomic mass is 9.98. The van der Waals surface area contributed by atoms with Crippen LogP contribution in [-0.4, -0.2) is 29.1 Å². The van der Waals surface area contributed by atoms with E-state index in [1.807, 2.05) is 61.7 Å². The number of rotatable bonds is 6. The molecule has 0 saturated carbocycles. The van der Waals surface area contributed by atoms with Crippen molar-refractivity contribution in [3.63, 3.8) is 0 Å². The molecule has 0 spiro atoms. The van der Waals surface area contributed by atoms with E-state index in [2.05, 4.69) is 163 Å². The molecular formula is C50H32N6. The van der Waals surface area contributed by atoms with Crippen molar-refractivity contribution in [1.29, 1.82) is 0 Å². The monoisotopic (exact) mass is 716 g/mol. The lowest BCUT2D eigenvalue weighted by Crippen LogP contribution is -1.99. The Morgan fingerprint density at radius 3 is 1.14 bits per heavy atom. The van der Waals surface area contributed by atoms with Gasteiger partial charge in [0.05, 0.1) is 34.5 Å². The van der Waals surface area contributed by atoms with Crippen LogP contribution in [0.4, 0.5) is 0 Å².